The van der Waals surface area contributed by atoms with Crippen molar-refractivity contribution in [2.45, 2.75) is 32.7 Å². The molecule has 0 fully saturated rings. The van der Waals surface area contributed by atoms with Gasteiger partial charge in [-0.1, -0.05) is 17.7 Å². The minimum Gasteiger partial charge on any atom is -0.496 e. The molecule has 0 saturated heterocycles. The summed E-state index contributed by atoms with van der Waals surface area (Å²) in [5, 5.41) is 3.02. The number of carbonyl (C=O) groups excluding carboxylic acids is 1. The Morgan fingerprint density at radius 1 is 1.41 bits per heavy atom. The van der Waals surface area contributed by atoms with Crippen molar-refractivity contribution in [1.29, 1.82) is 0 Å². The number of hydrogen-bond acceptors (Lipinski definition) is 3. The molecule has 0 radical (unpaired) electrons. The zero-order chi connectivity index (χ0) is 13.1. The van der Waals surface area contributed by atoms with Crippen LogP contribution in [-0.4, -0.2) is 25.5 Å². The normalized spacial score (nSPS) is 11.4. The summed E-state index contributed by atoms with van der Waals surface area (Å²) in [6.07, 6.45) is 0.388. The molecule has 0 unspecified atom stereocenters. The molecule has 0 bridgehead atoms. The maximum absolute atomic E-state index is 12.1. The fourth-order valence-electron chi connectivity index (χ4n) is 1.58. The number of benzene rings is 1. The molecule has 0 aliphatic heterocycles. The van der Waals surface area contributed by atoms with Crippen LogP contribution >= 0.6 is 0 Å². The standard InChI is InChI=1S/C14H21NO2/c1-10-6-7-12(17-5)11(8-10)9-13(16)14(2,3)15-4/h6-8,15H,9H2,1-5H3. The average molecular weight is 235 g/mol. The van der Waals surface area contributed by atoms with E-state index in [1.807, 2.05) is 39.0 Å². The molecule has 1 rings (SSSR count). The molecule has 0 aromatic heterocycles. The highest BCUT2D eigenvalue weighted by molar-refractivity contribution is 5.89. The first kappa shape index (κ1) is 13.7. The van der Waals surface area contributed by atoms with Crippen LogP contribution in [0.25, 0.3) is 0 Å². The van der Waals surface area contributed by atoms with Crippen molar-refractivity contribution < 1.29 is 9.53 Å². The van der Waals surface area contributed by atoms with Gasteiger partial charge in [-0.25, -0.2) is 0 Å². The Bertz CT molecular complexity index is 411. The lowest BCUT2D eigenvalue weighted by molar-refractivity contribution is -0.123. The van der Waals surface area contributed by atoms with E-state index in [0.29, 0.717) is 6.42 Å². The highest BCUT2D eigenvalue weighted by atomic mass is 16.5. The molecule has 0 atom stereocenters. The first-order chi connectivity index (χ1) is 7.90. The van der Waals surface area contributed by atoms with Crippen molar-refractivity contribution in [3.8, 4) is 5.75 Å². The average Bonchev–Trinajstić information content (AvgIpc) is 2.29. The van der Waals surface area contributed by atoms with Crippen molar-refractivity contribution in [3.63, 3.8) is 0 Å². The summed E-state index contributed by atoms with van der Waals surface area (Å²) < 4.78 is 5.27. The van der Waals surface area contributed by atoms with Crippen LogP contribution in [0.2, 0.25) is 0 Å². The van der Waals surface area contributed by atoms with Crippen molar-refractivity contribution in [3.05, 3.63) is 29.3 Å². The van der Waals surface area contributed by atoms with E-state index in [9.17, 15) is 4.79 Å². The van der Waals surface area contributed by atoms with Gasteiger partial charge in [0.15, 0.2) is 5.78 Å². The lowest BCUT2D eigenvalue weighted by Crippen LogP contribution is -2.45. The number of methoxy groups -OCH3 is 1. The summed E-state index contributed by atoms with van der Waals surface area (Å²) in [5.41, 5.74) is 1.58. The van der Waals surface area contributed by atoms with Gasteiger partial charge in [-0.3, -0.25) is 4.79 Å². The molecule has 1 aromatic carbocycles. The number of likely N-dealkylation sites (N-methyl/N-ethyl adjacent to an activating group) is 1. The van der Waals surface area contributed by atoms with Gasteiger partial charge in [-0.15, -0.1) is 0 Å². The smallest absolute Gasteiger partial charge is 0.156 e. The van der Waals surface area contributed by atoms with E-state index in [4.69, 9.17) is 4.74 Å². The highest BCUT2D eigenvalue weighted by Gasteiger charge is 2.25. The molecule has 0 heterocycles. The Labute approximate surface area is 103 Å². The van der Waals surface area contributed by atoms with Gasteiger partial charge in [0.2, 0.25) is 0 Å². The van der Waals surface area contributed by atoms with Gasteiger partial charge in [0.25, 0.3) is 0 Å². The fourth-order valence-corrected chi connectivity index (χ4v) is 1.58. The van der Waals surface area contributed by atoms with Gasteiger partial charge in [0.1, 0.15) is 5.75 Å². The molecule has 0 saturated carbocycles. The zero-order valence-corrected chi connectivity index (χ0v) is 11.3. The lowest BCUT2D eigenvalue weighted by atomic mass is 9.93. The van der Waals surface area contributed by atoms with E-state index in [2.05, 4.69) is 5.32 Å². The topological polar surface area (TPSA) is 38.3 Å². The van der Waals surface area contributed by atoms with Gasteiger partial charge in [-0.05, 0) is 33.9 Å². The molecule has 3 heteroatoms. The monoisotopic (exact) mass is 235 g/mol. The van der Waals surface area contributed by atoms with Gasteiger partial charge in [0, 0.05) is 12.0 Å². The summed E-state index contributed by atoms with van der Waals surface area (Å²) in [6.45, 7) is 5.78. The second-order valence-corrected chi connectivity index (χ2v) is 4.79. The second-order valence-electron chi connectivity index (χ2n) is 4.79. The van der Waals surface area contributed by atoms with Crippen LogP contribution < -0.4 is 10.1 Å². The number of aryl methyl sites for hydroxylation is 1. The number of Topliss-reactive ketones (excluding diaryl/α,β-unsaturated/α-hetero) is 1. The van der Waals surface area contributed by atoms with Crippen LogP contribution in [-0.2, 0) is 11.2 Å². The summed E-state index contributed by atoms with van der Waals surface area (Å²) in [6, 6.07) is 5.89. The summed E-state index contributed by atoms with van der Waals surface area (Å²) in [7, 11) is 3.42. The van der Waals surface area contributed by atoms with E-state index in [1.54, 1.807) is 14.2 Å². The SMILES string of the molecule is CNC(C)(C)C(=O)Cc1cc(C)ccc1OC. The molecule has 0 amide bonds. The largest absolute Gasteiger partial charge is 0.496 e. The maximum atomic E-state index is 12.1. The first-order valence-corrected chi connectivity index (χ1v) is 5.76. The van der Waals surface area contributed by atoms with E-state index in [-0.39, 0.29) is 5.78 Å². The molecule has 0 aliphatic carbocycles. The molecule has 1 aromatic rings. The summed E-state index contributed by atoms with van der Waals surface area (Å²) in [4.78, 5) is 12.1. The van der Waals surface area contributed by atoms with Crippen LogP contribution in [0.15, 0.2) is 18.2 Å². The highest BCUT2D eigenvalue weighted by Crippen LogP contribution is 2.22. The minimum absolute atomic E-state index is 0.156. The third-order valence-corrected chi connectivity index (χ3v) is 3.11. The van der Waals surface area contributed by atoms with E-state index in [0.717, 1.165) is 16.9 Å². The second kappa shape index (κ2) is 5.32. The summed E-state index contributed by atoms with van der Waals surface area (Å²) >= 11 is 0. The summed E-state index contributed by atoms with van der Waals surface area (Å²) in [5.74, 6) is 0.930. The van der Waals surface area contributed by atoms with E-state index >= 15 is 0 Å². The molecule has 0 spiro atoms. The van der Waals surface area contributed by atoms with Gasteiger partial charge in [-0.2, -0.15) is 0 Å². The van der Waals surface area contributed by atoms with Crippen molar-refractivity contribution in [2.75, 3.05) is 14.2 Å². The fraction of sp³-hybridized carbons (Fsp3) is 0.500. The molecule has 17 heavy (non-hydrogen) atoms. The van der Waals surface area contributed by atoms with Gasteiger partial charge in [0.05, 0.1) is 12.6 Å². The third kappa shape index (κ3) is 3.30. The molecular formula is C14H21NO2. The Balaban J connectivity index is 2.95. The molecule has 94 valence electrons. The van der Waals surface area contributed by atoms with Crippen LogP contribution in [0, 0.1) is 6.92 Å². The van der Waals surface area contributed by atoms with Crippen LogP contribution in [0.1, 0.15) is 25.0 Å². The number of ether oxygens (including phenoxy) is 1. The van der Waals surface area contributed by atoms with Crippen molar-refractivity contribution >= 4 is 5.78 Å². The Morgan fingerprint density at radius 2 is 2.06 bits per heavy atom. The Morgan fingerprint density at radius 3 is 2.59 bits per heavy atom. The molecular weight excluding hydrogens is 214 g/mol. The molecule has 0 aliphatic rings. The van der Waals surface area contributed by atoms with Crippen molar-refractivity contribution in [2.24, 2.45) is 0 Å². The molecule has 1 N–H and O–H groups in total. The number of carbonyl (C=O) groups is 1. The van der Waals surface area contributed by atoms with E-state index in [1.165, 1.54) is 0 Å². The number of hydrogen-bond donors (Lipinski definition) is 1. The lowest BCUT2D eigenvalue weighted by Gasteiger charge is -2.22. The number of nitrogens with one attached hydrogen (secondary N) is 1. The third-order valence-electron chi connectivity index (χ3n) is 3.11. The predicted molar refractivity (Wildman–Crippen MR) is 69.6 cm³/mol. The van der Waals surface area contributed by atoms with Crippen LogP contribution in [0.3, 0.4) is 0 Å². The Hall–Kier alpha value is -1.35. The molecule has 3 nitrogen and oxygen atoms in total. The first-order valence-electron chi connectivity index (χ1n) is 5.76. The number of rotatable bonds is 5. The van der Waals surface area contributed by atoms with Crippen molar-refractivity contribution in [1.82, 2.24) is 5.32 Å². The van der Waals surface area contributed by atoms with Crippen LogP contribution in [0.4, 0.5) is 0 Å². The quantitative estimate of drug-likeness (QED) is 0.849. The minimum atomic E-state index is -0.505. The Kier molecular flexibility index (Phi) is 4.29. The van der Waals surface area contributed by atoms with E-state index < -0.39 is 5.54 Å². The number of ketones is 1. The van der Waals surface area contributed by atoms with Crippen LogP contribution in [0.5, 0.6) is 5.75 Å². The predicted octanol–water partition coefficient (Wildman–Crippen LogP) is 2.11. The zero-order valence-electron chi connectivity index (χ0n) is 11.3. The van der Waals surface area contributed by atoms with Gasteiger partial charge >= 0.3 is 0 Å². The maximum Gasteiger partial charge on any atom is 0.156 e. The van der Waals surface area contributed by atoms with Gasteiger partial charge < -0.3 is 10.1 Å².